The Kier molecular flexibility index (Phi) is 4.60. The molecule has 0 aliphatic carbocycles. The van der Waals surface area contributed by atoms with Gasteiger partial charge < -0.3 is 10.4 Å². The van der Waals surface area contributed by atoms with Crippen molar-refractivity contribution in [3.05, 3.63) is 65.2 Å². The van der Waals surface area contributed by atoms with E-state index in [0.717, 1.165) is 11.3 Å². The number of nitrogens with one attached hydrogen (secondary N) is 1. The number of hydrogen-bond acceptors (Lipinski definition) is 3. The highest BCUT2D eigenvalue weighted by Gasteiger charge is 2.07. The summed E-state index contributed by atoms with van der Waals surface area (Å²) in [6, 6.07) is 9.82. The van der Waals surface area contributed by atoms with Gasteiger partial charge in [-0.3, -0.25) is 4.98 Å². The first-order valence-corrected chi connectivity index (χ1v) is 6.21. The molecule has 0 spiro atoms. The fourth-order valence-corrected chi connectivity index (χ4v) is 1.74. The van der Waals surface area contributed by atoms with Crippen LogP contribution in [0.15, 0.2) is 42.6 Å². The van der Waals surface area contributed by atoms with E-state index in [1.54, 1.807) is 12.1 Å². The molecule has 0 saturated heterocycles. The van der Waals surface area contributed by atoms with Gasteiger partial charge in [0.05, 0.1) is 11.8 Å². The van der Waals surface area contributed by atoms with Crippen LogP contribution in [0.25, 0.3) is 0 Å². The van der Waals surface area contributed by atoms with Crippen molar-refractivity contribution < 1.29 is 9.50 Å². The molecular formula is C15H17FN2O. The lowest BCUT2D eigenvalue weighted by molar-refractivity contribution is 0.174. The minimum atomic E-state index is -0.647. The van der Waals surface area contributed by atoms with Crippen molar-refractivity contribution >= 4 is 0 Å². The molecule has 0 aliphatic rings. The minimum absolute atomic E-state index is 0.298. The van der Waals surface area contributed by atoms with E-state index in [4.69, 9.17) is 0 Å². The predicted octanol–water partition coefficient (Wildman–Crippen LogP) is 2.35. The van der Waals surface area contributed by atoms with Gasteiger partial charge in [-0.15, -0.1) is 0 Å². The lowest BCUT2D eigenvalue weighted by atomic mass is 10.1. The van der Waals surface area contributed by atoms with E-state index in [-0.39, 0.29) is 5.82 Å². The number of benzene rings is 1. The third-order valence-electron chi connectivity index (χ3n) is 2.87. The molecule has 1 aromatic heterocycles. The summed E-state index contributed by atoms with van der Waals surface area (Å²) in [6.07, 6.45) is 1.17. The second kappa shape index (κ2) is 6.41. The molecule has 0 radical (unpaired) electrons. The zero-order chi connectivity index (χ0) is 13.7. The van der Waals surface area contributed by atoms with E-state index >= 15 is 0 Å². The number of hydrogen-bond donors (Lipinski definition) is 2. The van der Waals surface area contributed by atoms with Gasteiger partial charge >= 0.3 is 0 Å². The molecule has 19 heavy (non-hydrogen) atoms. The van der Waals surface area contributed by atoms with Crippen molar-refractivity contribution in [3.8, 4) is 0 Å². The fourth-order valence-electron chi connectivity index (χ4n) is 1.74. The Morgan fingerprint density at radius 2 is 1.95 bits per heavy atom. The molecular weight excluding hydrogens is 243 g/mol. The Morgan fingerprint density at radius 3 is 2.58 bits per heavy atom. The van der Waals surface area contributed by atoms with Crippen LogP contribution in [0.2, 0.25) is 0 Å². The number of nitrogens with zero attached hydrogens (tertiary/aromatic N) is 1. The van der Waals surface area contributed by atoms with E-state index in [0.29, 0.717) is 18.7 Å². The second-order valence-electron chi connectivity index (χ2n) is 4.53. The van der Waals surface area contributed by atoms with Crippen molar-refractivity contribution in [1.82, 2.24) is 10.3 Å². The Morgan fingerprint density at radius 1 is 1.21 bits per heavy atom. The number of aliphatic hydroxyl groups is 1. The van der Waals surface area contributed by atoms with Gasteiger partial charge in [-0.2, -0.15) is 0 Å². The van der Waals surface area contributed by atoms with E-state index in [2.05, 4.69) is 10.3 Å². The number of halogens is 1. The maximum Gasteiger partial charge on any atom is 0.123 e. The Labute approximate surface area is 112 Å². The maximum atomic E-state index is 12.8. The molecule has 0 bridgehead atoms. The summed E-state index contributed by atoms with van der Waals surface area (Å²) in [7, 11) is 0. The molecule has 3 nitrogen and oxygen atoms in total. The molecule has 2 aromatic rings. The summed E-state index contributed by atoms with van der Waals surface area (Å²) in [6.45, 7) is 2.99. The van der Waals surface area contributed by atoms with Crippen molar-refractivity contribution in [2.45, 2.75) is 19.6 Å². The molecule has 1 aromatic carbocycles. The van der Waals surface area contributed by atoms with Gasteiger partial charge in [0.1, 0.15) is 5.82 Å². The summed E-state index contributed by atoms with van der Waals surface area (Å²) >= 11 is 0. The third kappa shape index (κ3) is 4.12. The number of pyridine rings is 1. The normalized spacial score (nSPS) is 12.4. The van der Waals surface area contributed by atoms with Gasteiger partial charge in [-0.1, -0.05) is 18.2 Å². The topological polar surface area (TPSA) is 45.1 Å². The Hall–Kier alpha value is -1.78. The van der Waals surface area contributed by atoms with E-state index in [9.17, 15) is 9.50 Å². The van der Waals surface area contributed by atoms with Crippen molar-refractivity contribution in [1.29, 1.82) is 0 Å². The van der Waals surface area contributed by atoms with Gasteiger partial charge in [-0.25, -0.2) is 4.39 Å². The summed E-state index contributed by atoms with van der Waals surface area (Å²) < 4.78 is 12.8. The van der Waals surface area contributed by atoms with Crippen LogP contribution in [-0.4, -0.2) is 16.6 Å². The first-order valence-electron chi connectivity index (χ1n) is 6.21. The highest BCUT2D eigenvalue weighted by atomic mass is 19.1. The van der Waals surface area contributed by atoms with E-state index in [1.807, 2.05) is 25.3 Å². The van der Waals surface area contributed by atoms with Crippen LogP contribution in [-0.2, 0) is 6.54 Å². The number of aliphatic hydroxyl groups excluding tert-OH is 1. The molecule has 1 unspecified atom stereocenters. The lowest BCUT2D eigenvalue weighted by Crippen LogP contribution is -2.21. The number of rotatable bonds is 5. The van der Waals surface area contributed by atoms with Gasteiger partial charge in [0.15, 0.2) is 0 Å². The van der Waals surface area contributed by atoms with Crippen LogP contribution in [0.5, 0.6) is 0 Å². The van der Waals surface area contributed by atoms with Crippen LogP contribution in [0.1, 0.15) is 22.9 Å². The summed E-state index contributed by atoms with van der Waals surface area (Å²) in [5, 5.41) is 13.1. The van der Waals surface area contributed by atoms with Crippen LogP contribution in [0.3, 0.4) is 0 Å². The maximum absolute atomic E-state index is 12.8. The van der Waals surface area contributed by atoms with E-state index in [1.165, 1.54) is 12.1 Å². The molecule has 0 amide bonds. The third-order valence-corrected chi connectivity index (χ3v) is 2.87. The monoisotopic (exact) mass is 260 g/mol. The average Bonchev–Trinajstić information content (AvgIpc) is 2.41. The fraction of sp³-hybridized carbons (Fsp3) is 0.267. The smallest absolute Gasteiger partial charge is 0.123 e. The van der Waals surface area contributed by atoms with E-state index < -0.39 is 6.10 Å². The highest BCUT2D eigenvalue weighted by Crippen LogP contribution is 2.12. The van der Waals surface area contributed by atoms with Gasteiger partial charge in [0.25, 0.3) is 0 Å². The van der Waals surface area contributed by atoms with Crippen molar-refractivity contribution in [3.63, 3.8) is 0 Å². The minimum Gasteiger partial charge on any atom is -0.387 e. The second-order valence-corrected chi connectivity index (χ2v) is 4.53. The SMILES string of the molecule is Cc1ccc(CNCC(O)c2ccc(F)cc2)nc1. The number of aryl methyl sites for hydroxylation is 1. The predicted molar refractivity (Wildman–Crippen MR) is 72.0 cm³/mol. The quantitative estimate of drug-likeness (QED) is 0.867. The molecule has 1 atom stereocenters. The van der Waals surface area contributed by atoms with Crippen molar-refractivity contribution in [2.24, 2.45) is 0 Å². The van der Waals surface area contributed by atoms with Crippen LogP contribution < -0.4 is 5.32 Å². The zero-order valence-electron chi connectivity index (χ0n) is 10.8. The number of aromatic nitrogens is 1. The van der Waals surface area contributed by atoms with Gasteiger partial charge in [0, 0.05) is 19.3 Å². The summed E-state index contributed by atoms with van der Waals surface area (Å²) in [5.74, 6) is -0.298. The summed E-state index contributed by atoms with van der Waals surface area (Å²) in [5.41, 5.74) is 2.75. The zero-order valence-corrected chi connectivity index (χ0v) is 10.8. The first kappa shape index (κ1) is 13.6. The molecule has 100 valence electrons. The average molecular weight is 260 g/mol. The van der Waals surface area contributed by atoms with Gasteiger partial charge in [-0.05, 0) is 36.2 Å². The van der Waals surface area contributed by atoms with Crippen molar-refractivity contribution in [2.75, 3.05) is 6.54 Å². The van der Waals surface area contributed by atoms with Gasteiger partial charge in [0.2, 0.25) is 0 Å². The molecule has 1 heterocycles. The standard InChI is InChI=1S/C15H17FN2O/c1-11-2-7-14(18-8-11)9-17-10-15(19)12-3-5-13(16)6-4-12/h2-8,15,17,19H,9-10H2,1H3. The molecule has 4 heteroatoms. The first-order chi connectivity index (χ1) is 9.15. The molecule has 2 rings (SSSR count). The Bertz CT molecular complexity index is 511. The molecule has 2 N–H and O–H groups in total. The van der Waals surface area contributed by atoms with Crippen LogP contribution in [0, 0.1) is 12.7 Å². The van der Waals surface area contributed by atoms with Crippen LogP contribution in [0.4, 0.5) is 4.39 Å². The largest absolute Gasteiger partial charge is 0.387 e. The molecule has 0 aliphatic heterocycles. The molecule has 0 fully saturated rings. The lowest BCUT2D eigenvalue weighted by Gasteiger charge is -2.12. The Balaban J connectivity index is 1.82. The summed E-state index contributed by atoms with van der Waals surface area (Å²) in [4.78, 5) is 4.27. The highest BCUT2D eigenvalue weighted by molar-refractivity contribution is 5.18. The molecule has 0 saturated carbocycles. The van der Waals surface area contributed by atoms with Crippen LogP contribution >= 0.6 is 0 Å².